The molecule has 96 heavy (non-hydrogen) atoms. The zero-order valence-corrected chi connectivity index (χ0v) is 56.1. The molecule has 0 spiro atoms. The number of aliphatic hydroxyl groups is 1. The van der Waals surface area contributed by atoms with Crippen LogP contribution in [0, 0.1) is 0 Å². The molecule has 0 radical (unpaired) electrons. The SMILES string of the molecule is CCCO[C@@H]1OC(COP(=O)(O)C[C@@H]2OC(COP(=O)(O)C[C@@H]3OC(CO)[C@H](OCc4ccccc4)[C@H](OCc4ccccc4)C3NC(C)=O)[C@H](OCc3ccccc3)[C@H](OCc3ccccc3)C2NC(C)=O)[C@H](OCc2ccccc2)[C@H](OCc2ccccc2)C1NC(C)=O. The molecule has 17 atom stereocenters. The number of benzene rings is 6. The number of amides is 3. The molecule has 0 saturated carbocycles. The third-order valence-corrected chi connectivity index (χ3v) is 19.2. The van der Waals surface area contributed by atoms with Gasteiger partial charge in [-0.1, -0.05) is 189 Å². The lowest BCUT2D eigenvalue weighted by atomic mass is 9.92. The highest BCUT2D eigenvalue weighted by molar-refractivity contribution is 7.53. The number of ether oxygens (including phenoxy) is 10. The third-order valence-electron chi connectivity index (χ3n) is 16.4. The van der Waals surface area contributed by atoms with Gasteiger partial charge in [-0.3, -0.25) is 23.5 Å². The molecule has 3 saturated heterocycles. The molecule has 8 unspecified atom stereocenters. The van der Waals surface area contributed by atoms with E-state index in [2.05, 4.69) is 16.0 Å². The van der Waals surface area contributed by atoms with Crippen LogP contribution >= 0.6 is 15.2 Å². The van der Waals surface area contributed by atoms with Gasteiger partial charge in [0.1, 0.15) is 61.0 Å². The van der Waals surface area contributed by atoms with Crippen molar-refractivity contribution in [2.24, 2.45) is 0 Å². The molecule has 3 amide bonds. The smallest absolute Gasteiger partial charge is 0.330 e. The van der Waals surface area contributed by atoms with Gasteiger partial charge in [-0.2, -0.15) is 0 Å². The van der Waals surface area contributed by atoms with Crippen LogP contribution in [0.15, 0.2) is 182 Å². The summed E-state index contributed by atoms with van der Waals surface area (Å²) in [5, 5.41) is 19.7. The van der Waals surface area contributed by atoms with E-state index in [1.807, 2.05) is 189 Å². The largest absolute Gasteiger partial charge is 0.394 e. The van der Waals surface area contributed by atoms with Gasteiger partial charge in [0.2, 0.25) is 17.7 Å². The van der Waals surface area contributed by atoms with Crippen LogP contribution in [0.1, 0.15) is 67.5 Å². The van der Waals surface area contributed by atoms with E-state index < -0.39 is 157 Å². The maximum absolute atomic E-state index is 15.1. The molecular formula is C71H89N3O20P2. The summed E-state index contributed by atoms with van der Waals surface area (Å²) in [6.45, 7) is 4.23. The highest BCUT2D eigenvalue weighted by Gasteiger charge is 2.54. The average molecular weight is 1370 g/mol. The van der Waals surface area contributed by atoms with Crippen LogP contribution < -0.4 is 16.0 Å². The summed E-state index contributed by atoms with van der Waals surface area (Å²) in [5.74, 6) is -1.47. The second-order valence-electron chi connectivity index (χ2n) is 24.0. The van der Waals surface area contributed by atoms with Gasteiger partial charge in [0.15, 0.2) is 6.29 Å². The summed E-state index contributed by atoms with van der Waals surface area (Å²) >= 11 is 0. The zero-order chi connectivity index (χ0) is 67.9. The second-order valence-corrected chi connectivity index (χ2v) is 27.8. The fourth-order valence-corrected chi connectivity index (χ4v) is 14.5. The van der Waals surface area contributed by atoms with Crippen molar-refractivity contribution in [1.82, 2.24) is 16.0 Å². The molecule has 3 heterocycles. The van der Waals surface area contributed by atoms with Crippen LogP contribution in [0.3, 0.4) is 0 Å². The first kappa shape index (κ1) is 73.8. The number of hydrogen-bond donors (Lipinski definition) is 6. The average Bonchev–Trinajstić information content (AvgIpc) is 0.793. The Kier molecular flexibility index (Phi) is 28.4. The predicted octanol–water partition coefficient (Wildman–Crippen LogP) is 8.10. The quantitative estimate of drug-likeness (QED) is 0.0205. The van der Waals surface area contributed by atoms with Crippen molar-refractivity contribution in [2.45, 2.75) is 165 Å². The fraction of sp³-hybridized carbons (Fsp3) is 0.451. The number of nitrogens with one attached hydrogen (secondary N) is 3. The lowest BCUT2D eigenvalue weighted by Crippen LogP contribution is -2.66. The van der Waals surface area contributed by atoms with Gasteiger partial charge < -0.3 is 87.3 Å². The van der Waals surface area contributed by atoms with Gasteiger partial charge in [0.25, 0.3) is 0 Å². The van der Waals surface area contributed by atoms with E-state index in [1.54, 1.807) is 0 Å². The predicted molar refractivity (Wildman–Crippen MR) is 354 cm³/mol. The molecule has 25 heteroatoms. The Morgan fingerprint density at radius 3 is 0.958 bits per heavy atom. The lowest BCUT2D eigenvalue weighted by molar-refractivity contribution is -0.287. The highest BCUT2D eigenvalue weighted by Crippen LogP contribution is 2.49. The maximum atomic E-state index is 15.1. The summed E-state index contributed by atoms with van der Waals surface area (Å²) in [4.78, 5) is 64.1. The Labute approximate surface area is 560 Å². The number of hydrogen-bond acceptors (Lipinski definition) is 18. The molecule has 6 aromatic carbocycles. The Bertz CT molecular complexity index is 3400. The van der Waals surface area contributed by atoms with E-state index in [1.165, 1.54) is 20.8 Å². The van der Waals surface area contributed by atoms with Gasteiger partial charge in [-0.15, -0.1) is 0 Å². The first-order chi connectivity index (χ1) is 46.4. The molecule has 3 fully saturated rings. The first-order valence-electron chi connectivity index (χ1n) is 32.3. The van der Waals surface area contributed by atoms with Gasteiger partial charge in [0.05, 0.1) is 96.1 Å². The van der Waals surface area contributed by atoms with Gasteiger partial charge in [-0.25, -0.2) is 0 Å². The van der Waals surface area contributed by atoms with Crippen LogP contribution in [-0.2, 0) is 120 Å². The summed E-state index contributed by atoms with van der Waals surface area (Å²) in [7, 11) is -9.87. The van der Waals surface area contributed by atoms with E-state index in [9.17, 15) is 33.8 Å². The van der Waals surface area contributed by atoms with Crippen LogP contribution in [0.25, 0.3) is 0 Å². The second kappa shape index (κ2) is 37.0. The molecule has 9 rings (SSSR count). The molecule has 0 aliphatic carbocycles. The maximum Gasteiger partial charge on any atom is 0.330 e. The molecule has 0 bridgehead atoms. The van der Waals surface area contributed by atoms with Crippen molar-refractivity contribution >= 4 is 32.9 Å². The van der Waals surface area contributed by atoms with E-state index in [-0.39, 0.29) is 46.2 Å². The summed E-state index contributed by atoms with van der Waals surface area (Å²) in [6, 6.07) is 52.2. The van der Waals surface area contributed by atoms with Crippen molar-refractivity contribution in [2.75, 3.05) is 38.8 Å². The van der Waals surface area contributed by atoms with Crippen LogP contribution in [0.5, 0.6) is 0 Å². The third kappa shape index (κ3) is 22.3. The Morgan fingerprint density at radius 2 is 0.656 bits per heavy atom. The minimum atomic E-state index is -4.95. The van der Waals surface area contributed by atoms with E-state index in [4.69, 9.17) is 56.4 Å². The lowest BCUT2D eigenvalue weighted by Gasteiger charge is -2.47. The highest BCUT2D eigenvalue weighted by atomic mass is 31.2. The monoisotopic (exact) mass is 1370 g/mol. The van der Waals surface area contributed by atoms with Crippen molar-refractivity contribution in [1.29, 1.82) is 0 Å². The Morgan fingerprint density at radius 1 is 0.385 bits per heavy atom. The van der Waals surface area contributed by atoms with E-state index in [0.717, 1.165) is 33.4 Å². The first-order valence-corrected chi connectivity index (χ1v) is 35.8. The van der Waals surface area contributed by atoms with Crippen molar-refractivity contribution < 1.29 is 94.8 Å². The topological polar surface area (TPSA) is 293 Å². The molecule has 23 nitrogen and oxygen atoms in total. The fourth-order valence-electron chi connectivity index (χ4n) is 12.0. The molecular weight excluding hydrogens is 1280 g/mol. The molecule has 6 N–H and O–H groups in total. The minimum absolute atomic E-state index is 0.0335. The zero-order valence-electron chi connectivity index (χ0n) is 54.3. The molecule has 518 valence electrons. The molecule has 0 aromatic heterocycles. The standard InChI is InChI=1S/C71H89N3O20P2/c1-5-36-83-71-64(74-50(4)78)70(89-43-56-34-22-11-23-35-56)67(86-40-53-28-16-8-17-29-53)59(94-71)45-91-96(81,82)47-61-63(73-49(3)77)69(88-42-55-32-20-10-21-33-55)66(85-39-52-26-14-7-15-27-52)58(93-61)44-90-95(79,80)46-60-62(72-48(2)76)68(87-41-54-30-18-9-19-31-54)65(57(37-75)92-60)84-38-51-24-12-6-13-25-51/h6-35,57-71,75H,5,36-47H2,1-4H3,(H,72,76)(H,73,77)(H,74,78)(H,79,80)(H,81,82)/t57?,58?,59?,60-,61-,62?,63?,64?,65-,66-,67-,68+,69+,70+,71+/m0/s1. The van der Waals surface area contributed by atoms with Crippen molar-refractivity contribution in [3.05, 3.63) is 215 Å². The van der Waals surface area contributed by atoms with Gasteiger partial charge in [0, 0.05) is 27.4 Å². The van der Waals surface area contributed by atoms with E-state index >= 15 is 4.57 Å². The molecule has 3 aliphatic rings. The Hall–Kier alpha value is -6.41. The number of carbonyl (C=O) groups excluding carboxylic acids is 3. The molecule has 3 aliphatic heterocycles. The number of carbonyl (C=O) groups is 3. The summed E-state index contributed by atoms with van der Waals surface area (Å²) < 4.78 is 108. The van der Waals surface area contributed by atoms with Crippen LogP contribution in [0.4, 0.5) is 0 Å². The van der Waals surface area contributed by atoms with Crippen molar-refractivity contribution in [3.8, 4) is 0 Å². The summed E-state index contributed by atoms with van der Waals surface area (Å²) in [5.41, 5.74) is 4.64. The van der Waals surface area contributed by atoms with Gasteiger partial charge >= 0.3 is 15.2 Å². The van der Waals surface area contributed by atoms with E-state index in [0.29, 0.717) is 6.42 Å². The summed E-state index contributed by atoms with van der Waals surface area (Å²) in [6.07, 6.45) is -15.2. The van der Waals surface area contributed by atoms with Crippen LogP contribution in [-0.4, -0.2) is 163 Å². The molecule has 6 aromatic rings. The Balaban J connectivity index is 1.02. The number of rotatable bonds is 35. The van der Waals surface area contributed by atoms with Gasteiger partial charge in [-0.05, 0) is 39.8 Å². The number of aliphatic hydroxyl groups excluding tert-OH is 1. The normalized spacial score (nSPS) is 27.1. The van der Waals surface area contributed by atoms with Crippen LogP contribution in [0.2, 0.25) is 0 Å². The minimum Gasteiger partial charge on any atom is -0.394 e. The van der Waals surface area contributed by atoms with Crippen molar-refractivity contribution in [3.63, 3.8) is 0 Å².